The van der Waals surface area contributed by atoms with Crippen molar-refractivity contribution in [1.29, 1.82) is 0 Å². The van der Waals surface area contributed by atoms with Gasteiger partial charge >= 0.3 is 0 Å². The first-order chi connectivity index (χ1) is 10.9. The first kappa shape index (κ1) is 15.5. The van der Waals surface area contributed by atoms with Crippen LogP contribution in [0.25, 0.3) is 0 Å². The molecule has 2 heterocycles. The second-order valence-corrected chi connectivity index (χ2v) is 6.36. The Labute approximate surface area is 135 Å². The molecule has 1 unspecified atom stereocenters. The second kappa shape index (κ2) is 6.02. The summed E-state index contributed by atoms with van der Waals surface area (Å²) in [6, 6.07) is 5.42. The molecule has 2 saturated heterocycles. The van der Waals surface area contributed by atoms with E-state index in [0.29, 0.717) is 18.7 Å². The van der Waals surface area contributed by atoms with Crippen molar-refractivity contribution in [1.82, 2.24) is 9.80 Å². The molecule has 0 aliphatic carbocycles. The fourth-order valence-corrected chi connectivity index (χ4v) is 3.42. The molecule has 0 radical (unpaired) electrons. The maximum atomic E-state index is 12.4. The molecule has 1 N–H and O–H groups in total. The first-order valence-corrected chi connectivity index (χ1v) is 7.90. The van der Waals surface area contributed by atoms with E-state index < -0.39 is 0 Å². The molecule has 23 heavy (non-hydrogen) atoms. The molecule has 0 aromatic heterocycles. The third-order valence-corrected chi connectivity index (χ3v) is 4.34. The topological polar surface area (TPSA) is 69.7 Å². The van der Waals surface area contributed by atoms with Gasteiger partial charge in [-0.15, -0.1) is 0 Å². The lowest BCUT2D eigenvalue weighted by Gasteiger charge is -2.35. The minimum absolute atomic E-state index is 0.00437. The number of benzene rings is 1. The minimum atomic E-state index is -0.370. The molecule has 6 nitrogen and oxygen atoms in total. The quantitative estimate of drug-likeness (QED) is 0.907. The van der Waals surface area contributed by atoms with E-state index in [0.717, 1.165) is 17.5 Å². The van der Waals surface area contributed by atoms with Crippen LogP contribution in [0.1, 0.15) is 24.0 Å². The van der Waals surface area contributed by atoms with Crippen molar-refractivity contribution in [2.45, 2.75) is 32.7 Å². The van der Waals surface area contributed by atoms with Gasteiger partial charge in [0.1, 0.15) is 19.1 Å². The zero-order valence-corrected chi connectivity index (χ0v) is 13.5. The molecule has 0 saturated carbocycles. The number of carbonyl (C=O) groups is 3. The molecule has 3 rings (SSSR count). The molecule has 0 bridgehead atoms. The summed E-state index contributed by atoms with van der Waals surface area (Å²) in [7, 11) is 0. The summed E-state index contributed by atoms with van der Waals surface area (Å²) in [6.07, 6.45) is 1.55. The number of piperazine rings is 1. The van der Waals surface area contributed by atoms with Gasteiger partial charge in [0.05, 0.1) is 0 Å². The number of rotatable bonds is 3. The third kappa shape index (κ3) is 3.21. The van der Waals surface area contributed by atoms with Crippen LogP contribution in [0.3, 0.4) is 0 Å². The van der Waals surface area contributed by atoms with Crippen molar-refractivity contribution in [2.75, 3.05) is 25.0 Å². The van der Waals surface area contributed by atoms with E-state index >= 15 is 0 Å². The number of nitrogens with zero attached hydrogens (tertiary/aromatic N) is 2. The summed E-state index contributed by atoms with van der Waals surface area (Å²) in [4.78, 5) is 39.7. The molecule has 122 valence electrons. The first-order valence-electron chi connectivity index (χ1n) is 7.90. The monoisotopic (exact) mass is 315 g/mol. The number of amides is 3. The van der Waals surface area contributed by atoms with Crippen LogP contribution in [-0.4, -0.2) is 53.2 Å². The number of nitrogens with one attached hydrogen (secondary N) is 1. The second-order valence-electron chi connectivity index (χ2n) is 6.36. The van der Waals surface area contributed by atoms with Crippen LogP contribution in [0.2, 0.25) is 0 Å². The molecule has 2 aliphatic rings. The highest BCUT2D eigenvalue weighted by Gasteiger charge is 2.42. The van der Waals surface area contributed by atoms with Crippen LogP contribution in [0.5, 0.6) is 0 Å². The Morgan fingerprint density at radius 1 is 1.22 bits per heavy atom. The largest absolute Gasteiger partial charge is 0.329 e. The number of hydrogen-bond donors (Lipinski definition) is 1. The van der Waals surface area contributed by atoms with Crippen molar-refractivity contribution in [2.24, 2.45) is 0 Å². The standard InChI is InChI=1S/C17H21N3O3/c1-11-6-12(2)8-13(7-11)18-15(21)9-19-10-16(22)20-5-3-4-14(20)17(19)23/h6-8,14H,3-5,9-10H2,1-2H3,(H,18,21). The Hall–Kier alpha value is -2.37. The molecule has 3 amide bonds. The predicted octanol–water partition coefficient (Wildman–Crippen LogP) is 1.08. The molecule has 2 fully saturated rings. The van der Waals surface area contributed by atoms with E-state index in [1.165, 1.54) is 4.90 Å². The van der Waals surface area contributed by atoms with Crippen molar-refractivity contribution in [3.8, 4) is 0 Å². The Morgan fingerprint density at radius 2 is 1.91 bits per heavy atom. The lowest BCUT2D eigenvalue weighted by molar-refractivity contribution is -0.154. The maximum Gasteiger partial charge on any atom is 0.246 e. The van der Waals surface area contributed by atoms with E-state index in [2.05, 4.69) is 5.32 Å². The SMILES string of the molecule is Cc1cc(C)cc(NC(=O)CN2CC(=O)N3CCCC3C2=O)c1. The number of anilines is 1. The van der Waals surface area contributed by atoms with Crippen LogP contribution >= 0.6 is 0 Å². The smallest absolute Gasteiger partial charge is 0.246 e. The van der Waals surface area contributed by atoms with Crippen LogP contribution in [-0.2, 0) is 14.4 Å². The summed E-state index contributed by atoms with van der Waals surface area (Å²) in [5.41, 5.74) is 2.84. The Kier molecular flexibility index (Phi) is 4.07. The van der Waals surface area contributed by atoms with Gasteiger partial charge in [0.15, 0.2) is 0 Å². The highest BCUT2D eigenvalue weighted by atomic mass is 16.2. The van der Waals surface area contributed by atoms with Crippen molar-refractivity contribution in [3.63, 3.8) is 0 Å². The fourth-order valence-electron chi connectivity index (χ4n) is 3.42. The Morgan fingerprint density at radius 3 is 2.61 bits per heavy atom. The zero-order valence-electron chi connectivity index (χ0n) is 13.5. The maximum absolute atomic E-state index is 12.4. The van der Waals surface area contributed by atoms with Gasteiger partial charge in [-0.2, -0.15) is 0 Å². The van der Waals surface area contributed by atoms with Gasteiger partial charge in [0, 0.05) is 12.2 Å². The fraction of sp³-hybridized carbons (Fsp3) is 0.471. The average molecular weight is 315 g/mol. The van der Waals surface area contributed by atoms with Crippen LogP contribution in [0.15, 0.2) is 18.2 Å². The van der Waals surface area contributed by atoms with Crippen molar-refractivity contribution >= 4 is 23.4 Å². The summed E-state index contributed by atoms with van der Waals surface area (Å²) < 4.78 is 0. The van der Waals surface area contributed by atoms with Gasteiger partial charge in [-0.3, -0.25) is 14.4 Å². The summed E-state index contributed by atoms with van der Waals surface area (Å²) in [6.45, 7) is 4.49. The average Bonchev–Trinajstić information content (AvgIpc) is 2.93. The van der Waals surface area contributed by atoms with E-state index in [1.54, 1.807) is 4.90 Å². The molecule has 0 spiro atoms. The number of aryl methyl sites for hydroxylation is 2. The number of hydrogen-bond acceptors (Lipinski definition) is 3. The Balaban J connectivity index is 1.65. The molecular weight excluding hydrogens is 294 g/mol. The molecule has 2 aliphatic heterocycles. The molecule has 6 heteroatoms. The zero-order chi connectivity index (χ0) is 16.6. The predicted molar refractivity (Wildman–Crippen MR) is 85.9 cm³/mol. The van der Waals surface area contributed by atoms with Gasteiger partial charge in [0.25, 0.3) is 0 Å². The summed E-state index contributed by atoms with van der Waals surface area (Å²) in [5, 5.41) is 2.81. The van der Waals surface area contributed by atoms with Gasteiger partial charge in [-0.25, -0.2) is 0 Å². The van der Waals surface area contributed by atoms with E-state index in [4.69, 9.17) is 0 Å². The van der Waals surface area contributed by atoms with Gasteiger partial charge in [-0.1, -0.05) is 6.07 Å². The summed E-state index contributed by atoms with van der Waals surface area (Å²) in [5.74, 6) is -0.452. The van der Waals surface area contributed by atoms with E-state index in [9.17, 15) is 14.4 Å². The van der Waals surface area contributed by atoms with Gasteiger partial charge < -0.3 is 15.1 Å². The molecule has 1 aromatic rings. The van der Waals surface area contributed by atoms with Crippen molar-refractivity contribution in [3.05, 3.63) is 29.3 Å². The molecule has 1 aromatic carbocycles. The minimum Gasteiger partial charge on any atom is -0.329 e. The number of carbonyl (C=O) groups excluding carboxylic acids is 3. The number of fused-ring (bicyclic) bond motifs is 1. The normalized spacial score (nSPS) is 20.7. The molecule has 1 atom stereocenters. The van der Waals surface area contributed by atoms with E-state index in [-0.39, 0.29) is 36.9 Å². The van der Waals surface area contributed by atoms with Gasteiger partial charge in [-0.05, 0) is 49.9 Å². The van der Waals surface area contributed by atoms with Crippen LogP contribution in [0, 0.1) is 13.8 Å². The van der Waals surface area contributed by atoms with Crippen LogP contribution in [0.4, 0.5) is 5.69 Å². The van der Waals surface area contributed by atoms with Gasteiger partial charge in [0.2, 0.25) is 17.7 Å². The van der Waals surface area contributed by atoms with Crippen LogP contribution < -0.4 is 5.32 Å². The van der Waals surface area contributed by atoms with Crippen molar-refractivity contribution < 1.29 is 14.4 Å². The third-order valence-electron chi connectivity index (χ3n) is 4.34. The summed E-state index contributed by atoms with van der Waals surface area (Å²) >= 11 is 0. The highest BCUT2D eigenvalue weighted by Crippen LogP contribution is 2.23. The lowest BCUT2D eigenvalue weighted by Crippen LogP contribution is -2.58. The molecular formula is C17H21N3O3. The highest BCUT2D eigenvalue weighted by molar-refractivity contribution is 6.00. The Bertz CT molecular complexity index is 651. The van der Waals surface area contributed by atoms with E-state index in [1.807, 2.05) is 32.0 Å². The lowest BCUT2D eigenvalue weighted by atomic mass is 10.1.